The van der Waals surface area contributed by atoms with Crippen molar-refractivity contribution in [3.05, 3.63) is 62.9 Å². The number of hydrogen-bond donors (Lipinski definition) is 1. The highest BCUT2D eigenvalue weighted by molar-refractivity contribution is 6.30. The first-order valence-electron chi connectivity index (χ1n) is 5.83. The minimum atomic E-state index is -0.400. The SMILES string of the molecule is CNCc1cccn1Cc1ccc(Cl)cc1[N+](=O)[O-]. The van der Waals surface area contributed by atoms with Crippen LogP contribution in [0.25, 0.3) is 0 Å². The quantitative estimate of drug-likeness (QED) is 0.676. The van der Waals surface area contributed by atoms with Gasteiger partial charge in [0.15, 0.2) is 0 Å². The summed E-state index contributed by atoms with van der Waals surface area (Å²) in [7, 11) is 1.86. The average molecular weight is 280 g/mol. The molecule has 0 bridgehead atoms. The summed E-state index contributed by atoms with van der Waals surface area (Å²) in [6, 6.07) is 8.67. The van der Waals surface area contributed by atoms with Crippen LogP contribution in [0.5, 0.6) is 0 Å². The maximum absolute atomic E-state index is 11.0. The van der Waals surface area contributed by atoms with Gasteiger partial charge in [0.2, 0.25) is 0 Å². The predicted molar refractivity (Wildman–Crippen MR) is 74.4 cm³/mol. The Morgan fingerprint density at radius 2 is 2.21 bits per heavy atom. The van der Waals surface area contributed by atoms with Crippen molar-refractivity contribution in [3.63, 3.8) is 0 Å². The van der Waals surface area contributed by atoms with Crippen molar-refractivity contribution in [1.29, 1.82) is 0 Å². The summed E-state index contributed by atoms with van der Waals surface area (Å²) >= 11 is 5.80. The fraction of sp³-hybridized carbons (Fsp3) is 0.231. The van der Waals surface area contributed by atoms with E-state index in [0.717, 1.165) is 5.69 Å². The molecule has 0 amide bonds. The molecule has 0 atom stereocenters. The van der Waals surface area contributed by atoms with E-state index in [1.165, 1.54) is 6.07 Å². The molecule has 1 N–H and O–H groups in total. The Balaban J connectivity index is 2.32. The summed E-state index contributed by atoms with van der Waals surface area (Å²) in [5, 5.41) is 14.5. The van der Waals surface area contributed by atoms with Gasteiger partial charge >= 0.3 is 0 Å². The summed E-state index contributed by atoms with van der Waals surface area (Å²) in [5.41, 5.74) is 1.77. The zero-order valence-electron chi connectivity index (χ0n) is 10.5. The van der Waals surface area contributed by atoms with Crippen molar-refractivity contribution in [2.24, 2.45) is 0 Å². The highest BCUT2D eigenvalue weighted by Crippen LogP contribution is 2.24. The fourth-order valence-corrected chi connectivity index (χ4v) is 2.14. The fourth-order valence-electron chi connectivity index (χ4n) is 1.97. The van der Waals surface area contributed by atoms with Gasteiger partial charge in [0.05, 0.1) is 11.5 Å². The summed E-state index contributed by atoms with van der Waals surface area (Å²) in [6.45, 7) is 1.17. The Labute approximate surface area is 116 Å². The third-order valence-corrected chi connectivity index (χ3v) is 3.10. The number of nitrogens with zero attached hydrogens (tertiary/aromatic N) is 2. The van der Waals surface area contributed by atoms with E-state index in [1.54, 1.807) is 12.1 Å². The van der Waals surface area contributed by atoms with Crippen LogP contribution in [0.2, 0.25) is 5.02 Å². The zero-order chi connectivity index (χ0) is 13.8. The summed E-state index contributed by atoms with van der Waals surface area (Å²) in [6.07, 6.45) is 1.91. The molecule has 0 fully saturated rings. The minimum Gasteiger partial charge on any atom is -0.346 e. The van der Waals surface area contributed by atoms with Crippen LogP contribution in [-0.4, -0.2) is 16.5 Å². The van der Waals surface area contributed by atoms with Crippen molar-refractivity contribution in [3.8, 4) is 0 Å². The van der Waals surface area contributed by atoms with Crippen molar-refractivity contribution in [1.82, 2.24) is 9.88 Å². The number of nitro benzene ring substituents is 1. The molecular weight excluding hydrogens is 266 g/mol. The van der Waals surface area contributed by atoms with Crippen molar-refractivity contribution >= 4 is 17.3 Å². The van der Waals surface area contributed by atoms with Gasteiger partial charge < -0.3 is 9.88 Å². The zero-order valence-corrected chi connectivity index (χ0v) is 11.2. The van der Waals surface area contributed by atoms with Crippen molar-refractivity contribution in [2.75, 3.05) is 7.05 Å². The van der Waals surface area contributed by atoms with Crippen LogP contribution in [0.4, 0.5) is 5.69 Å². The van der Waals surface area contributed by atoms with Crippen LogP contribution in [-0.2, 0) is 13.1 Å². The van der Waals surface area contributed by atoms with Gasteiger partial charge in [0.1, 0.15) is 0 Å². The van der Waals surface area contributed by atoms with Crippen LogP contribution in [0.15, 0.2) is 36.5 Å². The van der Waals surface area contributed by atoms with Gasteiger partial charge in [0.25, 0.3) is 5.69 Å². The Hall–Kier alpha value is -1.85. The number of halogens is 1. The second-order valence-electron chi connectivity index (χ2n) is 4.19. The molecule has 1 heterocycles. The first kappa shape index (κ1) is 13.6. The molecule has 5 nitrogen and oxygen atoms in total. The molecule has 2 rings (SSSR count). The molecule has 0 saturated heterocycles. The van der Waals surface area contributed by atoms with Gasteiger partial charge in [-0.3, -0.25) is 10.1 Å². The lowest BCUT2D eigenvalue weighted by molar-refractivity contribution is -0.385. The van der Waals surface area contributed by atoms with E-state index in [4.69, 9.17) is 11.6 Å². The number of aromatic nitrogens is 1. The summed E-state index contributed by atoms with van der Waals surface area (Å²) < 4.78 is 1.98. The maximum Gasteiger partial charge on any atom is 0.275 e. The van der Waals surface area contributed by atoms with Crippen molar-refractivity contribution < 1.29 is 4.92 Å². The van der Waals surface area contributed by atoms with Gasteiger partial charge in [-0.15, -0.1) is 0 Å². The number of hydrogen-bond acceptors (Lipinski definition) is 3. The second-order valence-corrected chi connectivity index (χ2v) is 4.62. The number of nitrogens with one attached hydrogen (secondary N) is 1. The minimum absolute atomic E-state index is 0.0524. The third-order valence-electron chi connectivity index (χ3n) is 2.87. The Kier molecular flexibility index (Phi) is 4.19. The molecule has 1 aromatic heterocycles. The van der Waals surface area contributed by atoms with Gasteiger partial charge in [-0.2, -0.15) is 0 Å². The lowest BCUT2D eigenvalue weighted by atomic mass is 10.2. The van der Waals surface area contributed by atoms with Gasteiger partial charge in [0, 0.05) is 35.1 Å². The molecule has 0 radical (unpaired) electrons. The van der Waals surface area contributed by atoms with Crippen LogP contribution in [0, 0.1) is 10.1 Å². The Morgan fingerprint density at radius 3 is 2.89 bits per heavy atom. The summed E-state index contributed by atoms with van der Waals surface area (Å²) in [5.74, 6) is 0. The topological polar surface area (TPSA) is 60.1 Å². The monoisotopic (exact) mass is 279 g/mol. The van der Waals surface area contributed by atoms with E-state index in [-0.39, 0.29) is 5.69 Å². The van der Waals surface area contributed by atoms with Crippen LogP contribution in [0.3, 0.4) is 0 Å². The lowest BCUT2D eigenvalue weighted by Crippen LogP contribution is -2.12. The normalized spacial score (nSPS) is 10.6. The number of benzene rings is 1. The van der Waals surface area contributed by atoms with E-state index in [2.05, 4.69) is 5.32 Å². The molecule has 19 heavy (non-hydrogen) atoms. The molecular formula is C13H14ClN3O2. The molecule has 0 unspecified atom stereocenters. The van der Waals surface area contributed by atoms with Gasteiger partial charge in [-0.25, -0.2) is 0 Å². The highest BCUT2D eigenvalue weighted by atomic mass is 35.5. The summed E-state index contributed by atoms with van der Waals surface area (Å²) in [4.78, 5) is 10.6. The molecule has 0 aliphatic heterocycles. The van der Waals surface area contributed by atoms with E-state index in [0.29, 0.717) is 23.7 Å². The van der Waals surface area contributed by atoms with E-state index in [9.17, 15) is 10.1 Å². The largest absolute Gasteiger partial charge is 0.346 e. The lowest BCUT2D eigenvalue weighted by Gasteiger charge is -2.09. The first-order chi connectivity index (χ1) is 9.11. The predicted octanol–water partition coefficient (Wildman–Crippen LogP) is 2.82. The molecule has 1 aromatic carbocycles. The van der Waals surface area contributed by atoms with Crippen LogP contribution in [0.1, 0.15) is 11.3 Å². The standard InChI is InChI=1S/C13H14ClN3O2/c1-15-8-12-3-2-6-16(12)9-10-4-5-11(14)7-13(10)17(18)19/h2-7,15H,8-9H2,1H3. The highest BCUT2D eigenvalue weighted by Gasteiger charge is 2.15. The van der Waals surface area contributed by atoms with Crippen molar-refractivity contribution in [2.45, 2.75) is 13.1 Å². The first-order valence-corrected chi connectivity index (χ1v) is 6.21. The Morgan fingerprint density at radius 1 is 1.42 bits per heavy atom. The van der Waals surface area contributed by atoms with Crippen LogP contribution < -0.4 is 5.32 Å². The molecule has 0 saturated carbocycles. The molecule has 6 heteroatoms. The number of rotatable bonds is 5. The van der Waals surface area contributed by atoms with E-state index in [1.807, 2.05) is 29.9 Å². The number of nitro groups is 1. The molecule has 2 aromatic rings. The smallest absolute Gasteiger partial charge is 0.275 e. The average Bonchev–Trinajstić information content (AvgIpc) is 2.79. The van der Waals surface area contributed by atoms with E-state index >= 15 is 0 Å². The maximum atomic E-state index is 11.0. The molecule has 0 aliphatic rings. The van der Waals surface area contributed by atoms with Crippen LogP contribution >= 0.6 is 11.6 Å². The second kappa shape index (κ2) is 5.86. The van der Waals surface area contributed by atoms with E-state index < -0.39 is 4.92 Å². The van der Waals surface area contributed by atoms with Gasteiger partial charge in [-0.05, 0) is 31.3 Å². The van der Waals surface area contributed by atoms with Gasteiger partial charge in [-0.1, -0.05) is 11.6 Å². The third kappa shape index (κ3) is 3.13. The molecule has 0 spiro atoms. The molecule has 100 valence electrons. The molecule has 0 aliphatic carbocycles. The Bertz CT molecular complexity index is 595.